The third kappa shape index (κ3) is 5.14. The van der Waals surface area contributed by atoms with E-state index in [1.807, 2.05) is 0 Å². The van der Waals surface area contributed by atoms with E-state index in [9.17, 15) is 4.79 Å². The third-order valence-electron chi connectivity index (χ3n) is 2.94. The average molecular weight is 214 g/mol. The van der Waals surface area contributed by atoms with Crippen LogP contribution in [0.4, 0.5) is 0 Å². The van der Waals surface area contributed by atoms with E-state index in [0.717, 1.165) is 25.9 Å². The van der Waals surface area contributed by atoms with E-state index >= 15 is 0 Å². The van der Waals surface area contributed by atoms with Crippen molar-refractivity contribution in [2.45, 2.75) is 44.8 Å². The molecule has 1 aliphatic carbocycles. The second-order valence-electron chi connectivity index (χ2n) is 4.15. The largest absolute Gasteiger partial charge is 0.381 e. The van der Waals surface area contributed by atoms with Crippen LogP contribution in [0.25, 0.3) is 0 Å². The highest BCUT2D eigenvalue weighted by Gasteiger charge is 2.19. The summed E-state index contributed by atoms with van der Waals surface area (Å²) in [6, 6.07) is 0.602. The van der Waals surface area contributed by atoms with E-state index in [0.29, 0.717) is 12.1 Å². The quantitative estimate of drug-likeness (QED) is 0.661. The molecule has 0 spiro atoms. The molecule has 1 amide bonds. The van der Waals surface area contributed by atoms with Crippen LogP contribution >= 0.6 is 0 Å². The lowest BCUT2D eigenvalue weighted by molar-refractivity contribution is -0.118. The molecular weight excluding hydrogens is 192 g/mol. The first-order chi connectivity index (χ1) is 7.22. The minimum Gasteiger partial charge on any atom is -0.381 e. The van der Waals surface area contributed by atoms with Gasteiger partial charge in [-0.1, -0.05) is 0 Å². The molecule has 0 aromatic rings. The summed E-state index contributed by atoms with van der Waals surface area (Å²) in [6.07, 6.45) is 5.11. The molecule has 0 heterocycles. The Bertz CT molecular complexity index is 189. The van der Waals surface area contributed by atoms with Crippen molar-refractivity contribution < 1.29 is 9.53 Å². The molecule has 1 saturated carbocycles. The van der Waals surface area contributed by atoms with Gasteiger partial charge in [-0.2, -0.15) is 0 Å². The van der Waals surface area contributed by atoms with Gasteiger partial charge in [0.05, 0.1) is 6.10 Å². The molecule has 1 fully saturated rings. The summed E-state index contributed by atoms with van der Waals surface area (Å²) in [5.74, 6) is 0.0416. The minimum atomic E-state index is 0.0416. The van der Waals surface area contributed by atoms with Crippen LogP contribution in [0.15, 0.2) is 0 Å². The Labute approximate surface area is 91.8 Å². The molecule has 0 radical (unpaired) electrons. The van der Waals surface area contributed by atoms with Crippen molar-refractivity contribution >= 4 is 5.91 Å². The molecule has 1 aliphatic rings. The topological polar surface area (TPSA) is 50.4 Å². The molecule has 0 aliphatic heterocycles. The van der Waals surface area contributed by atoms with E-state index in [1.165, 1.54) is 12.8 Å². The van der Waals surface area contributed by atoms with Crippen LogP contribution < -0.4 is 10.6 Å². The van der Waals surface area contributed by atoms with Crippen molar-refractivity contribution in [1.82, 2.24) is 10.6 Å². The van der Waals surface area contributed by atoms with Crippen molar-refractivity contribution in [3.05, 3.63) is 0 Å². The Morgan fingerprint density at radius 3 is 2.47 bits per heavy atom. The summed E-state index contributed by atoms with van der Waals surface area (Å²) in [5.41, 5.74) is 0. The highest BCUT2D eigenvalue weighted by atomic mass is 16.5. The molecule has 4 heteroatoms. The number of methoxy groups -OCH3 is 1. The summed E-state index contributed by atoms with van der Waals surface area (Å²) >= 11 is 0. The van der Waals surface area contributed by atoms with Gasteiger partial charge in [0.1, 0.15) is 0 Å². The van der Waals surface area contributed by atoms with Gasteiger partial charge in [0, 0.05) is 33.2 Å². The summed E-state index contributed by atoms with van der Waals surface area (Å²) in [7, 11) is 1.79. The van der Waals surface area contributed by atoms with Gasteiger partial charge in [-0.25, -0.2) is 0 Å². The van der Waals surface area contributed by atoms with Gasteiger partial charge in [-0.3, -0.25) is 4.79 Å². The van der Waals surface area contributed by atoms with E-state index in [2.05, 4.69) is 10.6 Å². The molecule has 0 saturated heterocycles. The fourth-order valence-corrected chi connectivity index (χ4v) is 2.02. The zero-order valence-corrected chi connectivity index (χ0v) is 9.71. The lowest BCUT2D eigenvalue weighted by Crippen LogP contribution is -2.39. The number of carbonyl (C=O) groups is 1. The molecule has 2 N–H and O–H groups in total. The predicted octanol–water partition coefficient (Wildman–Crippen LogP) is 0.670. The second-order valence-corrected chi connectivity index (χ2v) is 4.15. The summed E-state index contributed by atoms with van der Waals surface area (Å²) < 4.78 is 5.31. The lowest BCUT2D eigenvalue weighted by atomic mass is 9.93. The number of amides is 1. The minimum absolute atomic E-state index is 0.0416. The Kier molecular flexibility index (Phi) is 5.65. The predicted molar refractivity (Wildman–Crippen MR) is 59.7 cm³/mol. The van der Waals surface area contributed by atoms with E-state index in [4.69, 9.17) is 4.74 Å². The van der Waals surface area contributed by atoms with Crippen LogP contribution in [0.5, 0.6) is 0 Å². The summed E-state index contributed by atoms with van der Waals surface area (Å²) in [4.78, 5) is 10.6. The van der Waals surface area contributed by atoms with E-state index in [-0.39, 0.29) is 5.91 Å². The number of hydrogen-bond donors (Lipinski definition) is 2. The average Bonchev–Trinajstić information content (AvgIpc) is 2.25. The molecular formula is C11H22N2O2. The van der Waals surface area contributed by atoms with E-state index in [1.54, 1.807) is 14.0 Å². The number of ether oxygens (including phenoxy) is 1. The molecule has 0 atom stereocenters. The van der Waals surface area contributed by atoms with Crippen molar-refractivity contribution in [2.75, 3.05) is 20.2 Å². The fraction of sp³-hybridized carbons (Fsp3) is 0.909. The maximum Gasteiger partial charge on any atom is 0.216 e. The smallest absolute Gasteiger partial charge is 0.216 e. The van der Waals surface area contributed by atoms with Crippen molar-refractivity contribution in [3.63, 3.8) is 0 Å². The van der Waals surface area contributed by atoms with Crippen LogP contribution in [-0.4, -0.2) is 38.3 Å². The van der Waals surface area contributed by atoms with Gasteiger partial charge in [0.25, 0.3) is 0 Å². The maximum atomic E-state index is 10.6. The molecule has 0 aromatic carbocycles. The monoisotopic (exact) mass is 214 g/mol. The van der Waals surface area contributed by atoms with E-state index < -0.39 is 0 Å². The van der Waals surface area contributed by atoms with Gasteiger partial charge >= 0.3 is 0 Å². The number of nitrogens with one attached hydrogen (secondary N) is 2. The van der Waals surface area contributed by atoms with Crippen LogP contribution in [0.2, 0.25) is 0 Å². The summed E-state index contributed by atoms with van der Waals surface area (Å²) in [5, 5.41) is 6.23. The van der Waals surface area contributed by atoms with Crippen molar-refractivity contribution in [1.29, 1.82) is 0 Å². The Morgan fingerprint density at radius 2 is 1.93 bits per heavy atom. The lowest BCUT2D eigenvalue weighted by Gasteiger charge is -2.28. The standard InChI is InChI=1S/C11H22N2O2/c1-9(14)12-7-8-13-10-3-5-11(15-2)6-4-10/h10-11,13H,3-8H2,1-2H3,(H,12,14). The Morgan fingerprint density at radius 1 is 1.27 bits per heavy atom. The first kappa shape index (κ1) is 12.5. The zero-order valence-electron chi connectivity index (χ0n) is 9.71. The van der Waals surface area contributed by atoms with Gasteiger partial charge in [0.15, 0.2) is 0 Å². The molecule has 1 rings (SSSR count). The SMILES string of the molecule is COC1CCC(NCCNC(C)=O)CC1. The Balaban J connectivity index is 2.01. The molecule has 0 aromatic heterocycles. The molecule has 88 valence electrons. The second kappa shape index (κ2) is 6.80. The molecule has 15 heavy (non-hydrogen) atoms. The highest BCUT2D eigenvalue weighted by molar-refractivity contribution is 5.72. The molecule has 0 bridgehead atoms. The first-order valence-corrected chi connectivity index (χ1v) is 5.73. The maximum absolute atomic E-state index is 10.6. The first-order valence-electron chi connectivity index (χ1n) is 5.73. The van der Waals surface area contributed by atoms with Crippen LogP contribution in [0.3, 0.4) is 0 Å². The van der Waals surface area contributed by atoms with Crippen molar-refractivity contribution in [2.24, 2.45) is 0 Å². The molecule has 0 unspecified atom stereocenters. The summed E-state index contributed by atoms with van der Waals surface area (Å²) in [6.45, 7) is 3.13. The highest BCUT2D eigenvalue weighted by Crippen LogP contribution is 2.20. The van der Waals surface area contributed by atoms with Gasteiger partial charge in [0.2, 0.25) is 5.91 Å². The van der Waals surface area contributed by atoms with Crippen LogP contribution in [0.1, 0.15) is 32.6 Å². The number of hydrogen-bond acceptors (Lipinski definition) is 3. The zero-order chi connectivity index (χ0) is 11.1. The Hall–Kier alpha value is -0.610. The fourth-order valence-electron chi connectivity index (χ4n) is 2.02. The van der Waals surface area contributed by atoms with Crippen LogP contribution in [-0.2, 0) is 9.53 Å². The van der Waals surface area contributed by atoms with Gasteiger partial charge in [-0.05, 0) is 25.7 Å². The molecule has 4 nitrogen and oxygen atoms in total. The normalized spacial score (nSPS) is 26.3. The van der Waals surface area contributed by atoms with Gasteiger partial charge < -0.3 is 15.4 Å². The van der Waals surface area contributed by atoms with Crippen molar-refractivity contribution in [3.8, 4) is 0 Å². The van der Waals surface area contributed by atoms with Gasteiger partial charge in [-0.15, -0.1) is 0 Å². The van der Waals surface area contributed by atoms with Crippen LogP contribution in [0, 0.1) is 0 Å². The third-order valence-corrected chi connectivity index (χ3v) is 2.94. The number of rotatable bonds is 5. The number of carbonyl (C=O) groups excluding carboxylic acids is 1.